The zero-order valence-electron chi connectivity index (χ0n) is 11.9. The highest BCUT2D eigenvalue weighted by Gasteiger charge is 2.30. The van der Waals surface area contributed by atoms with Gasteiger partial charge in [0.05, 0.1) is 5.92 Å². The highest BCUT2D eigenvalue weighted by molar-refractivity contribution is 5.84. The number of carbonyl (C=O) groups is 2. The average molecular weight is 267 g/mol. The van der Waals surface area contributed by atoms with Crippen LogP contribution in [-0.4, -0.2) is 23.0 Å². The Morgan fingerprint density at radius 1 is 1.32 bits per heavy atom. The van der Waals surface area contributed by atoms with Gasteiger partial charge in [-0.2, -0.15) is 0 Å². The third-order valence-electron chi connectivity index (χ3n) is 3.91. The van der Waals surface area contributed by atoms with E-state index in [-0.39, 0.29) is 11.9 Å². The van der Waals surface area contributed by atoms with Gasteiger partial charge < -0.3 is 10.4 Å². The van der Waals surface area contributed by atoms with E-state index in [0.717, 1.165) is 25.7 Å². The van der Waals surface area contributed by atoms with E-state index in [4.69, 9.17) is 0 Å². The van der Waals surface area contributed by atoms with Crippen molar-refractivity contribution in [3.63, 3.8) is 0 Å². The average Bonchev–Trinajstić information content (AvgIpc) is 2.39. The Kier molecular flexibility index (Phi) is 6.60. The molecule has 0 aromatic rings. The molecule has 0 bridgehead atoms. The molecule has 0 aromatic carbocycles. The molecule has 1 aliphatic carbocycles. The van der Waals surface area contributed by atoms with Gasteiger partial charge in [-0.05, 0) is 26.2 Å². The third kappa shape index (κ3) is 5.05. The standard InChI is InChI=1S/C15H25NO3/c1-3-4-10-13(15(18)19)11(2)14(17)16-12-8-6-5-7-9-12/h3-4,11-13H,5-10H2,1-2H3,(H,16,17)(H,18,19). The van der Waals surface area contributed by atoms with E-state index in [1.165, 1.54) is 6.42 Å². The lowest BCUT2D eigenvalue weighted by Gasteiger charge is -2.26. The van der Waals surface area contributed by atoms with Crippen molar-refractivity contribution in [1.29, 1.82) is 0 Å². The molecular weight excluding hydrogens is 242 g/mol. The Morgan fingerprint density at radius 2 is 1.95 bits per heavy atom. The number of nitrogens with one attached hydrogen (secondary N) is 1. The van der Waals surface area contributed by atoms with Gasteiger partial charge in [-0.3, -0.25) is 9.59 Å². The minimum Gasteiger partial charge on any atom is -0.481 e. The Morgan fingerprint density at radius 3 is 2.47 bits per heavy atom. The van der Waals surface area contributed by atoms with Gasteiger partial charge in [0.25, 0.3) is 0 Å². The van der Waals surface area contributed by atoms with Crippen LogP contribution in [0, 0.1) is 11.8 Å². The molecule has 108 valence electrons. The van der Waals surface area contributed by atoms with Crippen LogP contribution in [0.25, 0.3) is 0 Å². The van der Waals surface area contributed by atoms with Gasteiger partial charge in [0.1, 0.15) is 0 Å². The van der Waals surface area contributed by atoms with Crippen LogP contribution in [0.15, 0.2) is 12.2 Å². The van der Waals surface area contributed by atoms with Gasteiger partial charge in [-0.25, -0.2) is 0 Å². The molecule has 2 unspecified atom stereocenters. The van der Waals surface area contributed by atoms with E-state index in [9.17, 15) is 14.7 Å². The molecule has 4 nitrogen and oxygen atoms in total. The molecule has 0 aromatic heterocycles. The molecule has 0 heterocycles. The Hall–Kier alpha value is -1.32. The van der Waals surface area contributed by atoms with Crippen molar-refractivity contribution in [2.24, 2.45) is 11.8 Å². The van der Waals surface area contributed by atoms with Crippen LogP contribution < -0.4 is 5.32 Å². The molecule has 1 rings (SSSR count). The summed E-state index contributed by atoms with van der Waals surface area (Å²) in [6.07, 6.45) is 9.62. The van der Waals surface area contributed by atoms with Crippen LogP contribution >= 0.6 is 0 Å². The van der Waals surface area contributed by atoms with Gasteiger partial charge in [0, 0.05) is 12.0 Å². The van der Waals surface area contributed by atoms with Crippen molar-refractivity contribution in [3.8, 4) is 0 Å². The lowest BCUT2D eigenvalue weighted by molar-refractivity contribution is -0.146. The Bertz CT molecular complexity index is 332. The second kappa shape index (κ2) is 7.97. The van der Waals surface area contributed by atoms with Crippen LogP contribution in [-0.2, 0) is 9.59 Å². The minimum absolute atomic E-state index is 0.121. The number of carboxylic acids is 1. The number of rotatable bonds is 6. The molecule has 1 aliphatic rings. The number of allylic oxidation sites excluding steroid dienone is 2. The summed E-state index contributed by atoms with van der Waals surface area (Å²) in [4.78, 5) is 23.4. The first-order valence-corrected chi connectivity index (χ1v) is 7.20. The lowest BCUT2D eigenvalue weighted by atomic mass is 9.89. The van der Waals surface area contributed by atoms with E-state index in [0.29, 0.717) is 6.42 Å². The number of amides is 1. The van der Waals surface area contributed by atoms with Gasteiger partial charge in [-0.15, -0.1) is 0 Å². The molecule has 2 N–H and O–H groups in total. The quantitative estimate of drug-likeness (QED) is 0.727. The summed E-state index contributed by atoms with van der Waals surface area (Å²) in [5.41, 5.74) is 0. The molecule has 19 heavy (non-hydrogen) atoms. The van der Waals surface area contributed by atoms with Gasteiger partial charge in [0.2, 0.25) is 5.91 Å². The summed E-state index contributed by atoms with van der Waals surface area (Å²) in [5, 5.41) is 12.2. The number of hydrogen-bond acceptors (Lipinski definition) is 2. The molecule has 0 aliphatic heterocycles. The fourth-order valence-corrected chi connectivity index (χ4v) is 2.56. The SMILES string of the molecule is CC=CCC(C(=O)O)C(C)C(=O)NC1CCCCC1. The van der Waals surface area contributed by atoms with Crippen LogP contribution in [0.3, 0.4) is 0 Å². The van der Waals surface area contributed by atoms with Gasteiger partial charge in [0.15, 0.2) is 0 Å². The van der Waals surface area contributed by atoms with E-state index in [2.05, 4.69) is 5.32 Å². The van der Waals surface area contributed by atoms with Crippen LogP contribution in [0.4, 0.5) is 0 Å². The Labute approximate surface area is 115 Å². The van der Waals surface area contributed by atoms with Crippen molar-refractivity contribution in [3.05, 3.63) is 12.2 Å². The summed E-state index contributed by atoms with van der Waals surface area (Å²) in [6.45, 7) is 3.56. The zero-order valence-corrected chi connectivity index (χ0v) is 11.9. The van der Waals surface area contributed by atoms with Crippen LogP contribution in [0.2, 0.25) is 0 Å². The minimum atomic E-state index is -0.899. The molecule has 0 spiro atoms. The van der Waals surface area contributed by atoms with E-state index >= 15 is 0 Å². The second-order valence-electron chi connectivity index (χ2n) is 5.38. The predicted molar refractivity (Wildman–Crippen MR) is 74.7 cm³/mol. The molecule has 1 saturated carbocycles. The topological polar surface area (TPSA) is 66.4 Å². The van der Waals surface area contributed by atoms with E-state index < -0.39 is 17.8 Å². The molecular formula is C15H25NO3. The van der Waals surface area contributed by atoms with Gasteiger partial charge in [-0.1, -0.05) is 38.3 Å². The van der Waals surface area contributed by atoms with Crippen molar-refractivity contribution in [1.82, 2.24) is 5.32 Å². The highest BCUT2D eigenvalue weighted by Crippen LogP contribution is 2.21. The van der Waals surface area contributed by atoms with Crippen molar-refractivity contribution < 1.29 is 14.7 Å². The second-order valence-corrected chi connectivity index (χ2v) is 5.38. The maximum atomic E-state index is 12.1. The van der Waals surface area contributed by atoms with Crippen molar-refractivity contribution in [2.75, 3.05) is 0 Å². The monoisotopic (exact) mass is 267 g/mol. The maximum Gasteiger partial charge on any atom is 0.307 e. The van der Waals surface area contributed by atoms with E-state index in [1.54, 1.807) is 6.92 Å². The summed E-state index contributed by atoms with van der Waals surface area (Å²) in [6, 6.07) is 0.236. The lowest BCUT2D eigenvalue weighted by Crippen LogP contribution is -2.42. The fourth-order valence-electron chi connectivity index (χ4n) is 2.56. The first-order chi connectivity index (χ1) is 9.06. The number of hydrogen-bond donors (Lipinski definition) is 2. The summed E-state index contributed by atoms with van der Waals surface area (Å²) in [5.74, 6) is -2.15. The van der Waals surface area contributed by atoms with Crippen molar-refractivity contribution >= 4 is 11.9 Å². The smallest absolute Gasteiger partial charge is 0.307 e. The predicted octanol–water partition coefficient (Wildman–Crippen LogP) is 2.74. The molecule has 0 radical (unpaired) electrons. The maximum absolute atomic E-state index is 12.1. The first-order valence-electron chi connectivity index (χ1n) is 7.20. The third-order valence-corrected chi connectivity index (χ3v) is 3.91. The first kappa shape index (κ1) is 15.7. The highest BCUT2D eigenvalue weighted by atomic mass is 16.4. The largest absolute Gasteiger partial charge is 0.481 e. The summed E-state index contributed by atoms with van der Waals surface area (Å²) >= 11 is 0. The summed E-state index contributed by atoms with van der Waals surface area (Å²) < 4.78 is 0. The number of carbonyl (C=O) groups excluding carboxylic acids is 1. The van der Waals surface area contributed by atoms with Crippen LogP contribution in [0.5, 0.6) is 0 Å². The molecule has 2 atom stereocenters. The normalized spacial score (nSPS) is 20.1. The van der Waals surface area contributed by atoms with Crippen molar-refractivity contribution in [2.45, 2.75) is 58.4 Å². The molecule has 4 heteroatoms. The Balaban J connectivity index is 2.54. The van der Waals surface area contributed by atoms with Crippen LogP contribution in [0.1, 0.15) is 52.4 Å². The van der Waals surface area contributed by atoms with Gasteiger partial charge >= 0.3 is 5.97 Å². The molecule has 0 saturated heterocycles. The number of carboxylic acid groups (broad SMARTS) is 1. The van der Waals surface area contributed by atoms with E-state index in [1.807, 2.05) is 19.1 Å². The summed E-state index contributed by atoms with van der Waals surface area (Å²) in [7, 11) is 0. The zero-order chi connectivity index (χ0) is 14.3. The fraction of sp³-hybridized carbons (Fsp3) is 0.733. The molecule has 1 fully saturated rings. The molecule has 1 amide bonds. The number of aliphatic carboxylic acids is 1.